The molecule has 2 fully saturated rings. The Balaban J connectivity index is 1.33. The summed E-state index contributed by atoms with van der Waals surface area (Å²) in [5.74, 6) is -0.369. The Morgan fingerprint density at radius 3 is 2.74 bits per heavy atom. The van der Waals surface area contributed by atoms with Crippen molar-refractivity contribution in [1.82, 2.24) is 35.4 Å². The van der Waals surface area contributed by atoms with Gasteiger partial charge in [-0.1, -0.05) is 11.3 Å². The first-order valence-electron chi connectivity index (χ1n) is 11.0. The molecule has 0 radical (unpaired) electrons. The van der Waals surface area contributed by atoms with Crippen LogP contribution in [0.5, 0.6) is 5.75 Å². The molecule has 4 amide bonds. The van der Waals surface area contributed by atoms with E-state index in [1.54, 1.807) is 18.0 Å². The van der Waals surface area contributed by atoms with Crippen LogP contribution in [0, 0.1) is 0 Å². The number of carbonyl (C=O) groups is 2. The lowest BCUT2D eigenvalue weighted by molar-refractivity contribution is -0.274. The average Bonchev–Trinajstić information content (AvgIpc) is 3.52. The van der Waals surface area contributed by atoms with Gasteiger partial charge in [0.1, 0.15) is 11.4 Å². The molecule has 2 heterocycles. The van der Waals surface area contributed by atoms with Gasteiger partial charge in [0.05, 0.1) is 24.5 Å². The van der Waals surface area contributed by atoms with E-state index in [1.165, 1.54) is 29.1 Å². The number of amides is 4. The van der Waals surface area contributed by atoms with Crippen LogP contribution in [0.4, 0.5) is 22.8 Å². The number of nitrogens with one attached hydrogen (secondary N) is 2. The van der Waals surface area contributed by atoms with Crippen molar-refractivity contribution in [3.63, 3.8) is 0 Å². The zero-order valence-corrected chi connectivity index (χ0v) is 18.6. The number of piperidine rings is 1. The van der Waals surface area contributed by atoms with Gasteiger partial charge in [-0.25, -0.2) is 14.3 Å². The number of halogens is 3. The van der Waals surface area contributed by atoms with Crippen molar-refractivity contribution in [3.05, 3.63) is 36.2 Å². The maximum atomic E-state index is 12.7. The molecule has 2 aromatic rings. The minimum Gasteiger partial charge on any atom is -0.406 e. The lowest BCUT2D eigenvalue weighted by Gasteiger charge is -2.39. The van der Waals surface area contributed by atoms with Crippen molar-refractivity contribution in [2.75, 3.05) is 20.1 Å². The molecule has 1 aromatic heterocycles. The summed E-state index contributed by atoms with van der Waals surface area (Å²) in [4.78, 5) is 28.6. The Labute approximate surface area is 194 Å². The third-order valence-corrected chi connectivity index (χ3v) is 5.74. The first-order chi connectivity index (χ1) is 16.2. The molecule has 10 nitrogen and oxygen atoms in total. The monoisotopic (exact) mass is 481 g/mol. The van der Waals surface area contributed by atoms with Crippen LogP contribution in [-0.4, -0.2) is 75.4 Å². The topological polar surface area (TPSA) is 105 Å². The van der Waals surface area contributed by atoms with Crippen molar-refractivity contribution >= 4 is 12.1 Å². The summed E-state index contributed by atoms with van der Waals surface area (Å²) in [7, 11) is 1.61. The molecule has 1 aliphatic heterocycles. The number of ether oxygens (including phenoxy) is 1. The third kappa shape index (κ3) is 5.88. The van der Waals surface area contributed by atoms with E-state index >= 15 is 0 Å². The van der Waals surface area contributed by atoms with E-state index in [9.17, 15) is 22.8 Å². The Bertz CT molecular complexity index is 1030. The summed E-state index contributed by atoms with van der Waals surface area (Å²) >= 11 is 0. The molecule has 13 heteroatoms. The van der Waals surface area contributed by atoms with Crippen LogP contribution in [0.15, 0.2) is 30.5 Å². The Kier molecular flexibility index (Phi) is 6.80. The molecular formula is C21H26F3N7O3. The summed E-state index contributed by atoms with van der Waals surface area (Å²) in [6.45, 7) is 1.14. The zero-order valence-electron chi connectivity index (χ0n) is 18.6. The van der Waals surface area contributed by atoms with E-state index in [0.29, 0.717) is 24.5 Å². The van der Waals surface area contributed by atoms with Crippen LogP contribution in [0.25, 0.3) is 5.69 Å². The van der Waals surface area contributed by atoms with Gasteiger partial charge in [0.25, 0.3) is 0 Å². The number of likely N-dealkylation sites (tertiary alicyclic amines) is 1. The number of rotatable bonds is 6. The molecule has 1 atom stereocenters. The van der Waals surface area contributed by atoms with E-state index < -0.39 is 6.36 Å². The van der Waals surface area contributed by atoms with Crippen LogP contribution in [0.1, 0.15) is 31.4 Å². The lowest BCUT2D eigenvalue weighted by atomic mass is 10.0. The summed E-state index contributed by atoms with van der Waals surface area (Å²) in [6, 6.07) is 5.18. The van der Waals surface area contributed by atoms with Crippen LogP contribution < -0.4 is 15.4 Å². The van der Waals surface area contributed by atoms with Gasteiger partial charge in [0.15, 0.2) is 0 Å². The van der Waals surface area contributed by atoms with E-state index in [0.717, 1.165) is 25.7 Å². The SMILES string of the molecule is CNC(=O)N(C1CC1)[C@@H]1CCCN(C(=O)NCc2cn(-c3cccc(OC(F)(F)F)c3)nn2)C1. The second-order valence-electron chi connectivity index (χ2n) is 8.29. The molecule has 34 heavy (non-hydrogen) atoms. The van der Waals surface area contributed by atoms with Crippen molar-refractivity contribution < 1.29 is 27.5 Å². The first kappa shape index (κ1) is 23.6. The first-order valence-corrected chi connectivity index (χ1v) is 11.0. The normalized spacial score (nSPS) is 18.4. The summed E-state index contributed by atoms with van der Waals surface area (Å²) in [5.41, 5.74) is 0.772. The largest absolute Gasteiger partial charge is 0.573 e. The highest BCUT2D eigenvalue weighted by Crippen LogP contribution is 2.31. The zero-order chi connectivity index (χ0) is 24.3. The predicted octanol–water partition coefficient (Wildman–Crippen LogP) is 2.64. The van der Waals surface area contributed by atoms with Crippen molar-refractivity contribution in [1.29, 1.82) is 0 Å². The Morgan fingerprint density at radius 1 is 1.24 bits per heavy atom. The predicted molar refractivity (Wildman–Crippen MR) is 114 cm³/mol. The van der Waals surface area contributed by atoms with E-state index in [4.69, 9.17) is 0 Å². The van der Waals surface area contributed by atoms with Crippen LogP contribution in [0.2, 0.25) is 0 Å². The van der Waals surface area contributed by atoms with Gasteiger partial charge in [-0.3, -0.25) is 0 Å². The standard InChI is InChI=1S/C21H26F3N7O3/c1-25-19(32)31(15-7-8-15)17-5-3-9-29(13-17)20(33)26-11-14-12-30(28-27-14)16-4-2-6-18(10-16)34-21(22,23)24/h2,4,6,10,12,15,17H,3,5,7-9,11,13H2,1H3,(H,25,32)(H,26,33)/t17-/m1/s1. The maximum absolute atomic E-state index is 12.7. The number of nitrogens with zero attached hydrogens (tertiary/aromatic N) is 5. The van der Waals surface area contributed by atoms with Crippen molar-refractivity contribution in [3.8, 4) is 11.4 Å². The highest BCUT2D eigenvalue weighted by atomic mass is 19.4. The molecule has 0 spiro atoms. The number of alkyl halides is 3. The second kappa shape index (κ2) is 9.77. The summed E-state index contributed by atoms with van der Waals surface area (Å²) in [6.07, 6.45) is 0.338. The van der Waals surface area contributed by atoms with Crippen LogP contribution >= 0.6 is 0 Å². The smallest absolute Gasteiger partial charge is 0.406 e. The van der Waals surface area contributed by atoms with Gasteiger partial charge in [-0.2, -0.15) is 0 Å². The number of hydrogen-bond acceptors (Lipinski definition) is 5. The number of benzene rings is 1. The number of hydrogen-bond donors (Lipinski definition) is 2. The van der Waals surface area contributed by atoms with Gasteiger partial charge in [-0.05, 0) is 37.8 Å². The quantitative estimate of drug-likeness (QED) is 0.660. The molecule has 1 aliphatic carbocycles. The molecular weight excluding hydrogens is 455 g/mol. The molecule has 184 valence electrons. The van der Waals surface area contributed by atoms with Gasteiger partial charge in [0.2, 0.25) is 0 Å². The number of carbonyl (C=O) groups excluding carboxylic acids is 2. The molecule has 1 saturated heterocycles. The fourth-order valence-corrected chi connectivity index (χ4v) is 4.08. The molecule has 2 aliphatic rings. The molecule has 1 aromatic carbocycles. The minimum atomic E-state index is -4.79. The van der Waals surface area contributed by atoms with E-state index in [1.807, 2.05) is 4.90 Å². The van der Waals surface area contributed by atoms with Crippen molar-refractivity contribution in [2.45, 2.75) is 50.7 Å². The van der Waals surface area contributed by atoms with Crippen molar-refractivity contribution in [2.24, 2.45) is 0 Å². The molecule has 2 N–H and O–H groups in total. The van der Waals surface area contributed by atoms with Gasteiger partial charge < -0.3 is 25.2 Å². The highest BCUT2D eigenvalue weighted by molar-refractivity contribution is 5.76. The molecule has 4 rings (SSSR count). The van der Waals surface area contributed by atoms with Gasteiger partial charge in [-0.15, -0.1) is 18.3 Å². The maximum Gasteiger partial charge on any atom is 0.573 e. The lowest BCUT2D eigenvalue weighted by Crippen LogP contribution is -2.55. The second-order valence-corrected chi connectivity index (χ2v) is 8.29. The molecule has 0 unspecified atom stereocenters. The molecule has 0 bridgehead atoms. The number of aromatic nitrogens is 3. The Hall–Kier alpha value is -3.51. The number of urea groups is 2. The van der Waals surface area contributed by atoms with Gasteiger partial charge in [0, 0.05) is 32.2 Å². The van der Waals surface area contributed by atoms with Crippen LogP contribution in [-0.2, 0) is 6.54 Å². The average molecular weight is 481 g/mol. The minimum absolute atomic E-state index is 0.0287. The summed E-state index contributed by atoms with van der Waals surface area (Å²) in [5, 5.41) is 13.4. The third-order valence-electron chi connectivity index (χ3n) is 5.74. The highest BCUT2D eigenvalue weighted by Gasteiger charge is 2.39. The van der Waals surface area contributed by atoms with Crippen LogP contribution in [0.3, 0.4) is 0 Å². The van der Waals surface area contributed by atoms with E-state index in [2.05, 4.69) is 25.7 Å². The van der Waals surface area contributed by atoms with Gasteiger partial charge >= 0.3 is 18.4 Å². The fourth-order valence-electron chi connectivity index (χ4n) is 4.08. The van der Waals surface area contributed by atoms with E-state index in [-0.39, 0.29) is 36.4 Å². The Morgan fingerprint density at radius 2 is 2.03 bits per heavy atom. The molecule has 1 saturated carbocycles. The summed E-state index contributed by atoms with van der Waals surface area (Å²) < 4.78 is 42.6. The fraction of sp³-hybridized carbons (Fsp3) is 0.524.